The highest BCUT2D eigenvalue weighted by Crippen LogP contribution is 2.31. The van der Waals surface area contributed by atoms with E-state index in [2.05, 4.69) is 10.2 Å². The monoisotopic (exact) mass is 273 g/mol. The van der Waals surface area contributed by atoms with Gasteiger partial charge in [0, 0.05) is 5.56 Å². The van der Waals surface area contributed by atoms with Crippen LogP contribution in [0.4, 0.5) is 0 Å². The van der Waals surface area contributed by atoms with Crippen molar-refractivity contribution in [2.75, 3.05) is 0 Å². The van der Waals surface area contributed by atoms with Gasteiger partial charge in [-0.25, -0.2) is 0 Å². The molecule has 0 saturated carbocycles. The number of halogens is 2. The summed E-state index contributed by atoms with van der Waals surface area (Å²) in [5, 5.41) is 10.7. The van der Waals surface area contributed by atoms with Crippen molar-refractivity contribution >= 4 is 34.5 Å². The summed E-state index contributed by atoms with van der Waals surface area (Å²) in [6, 6.07) is 5.27. The van der Waals surface area contributed by atoms with Crippen molar-refractivity contribution in [1.82, 2.24) is 10.2 Å². The van der Waals surface area contributed by atoms with E-state index in [0.29, 0.717) is 10.0 Å². The first-order chi connectivity index (χ1) is 7.58. The molecule has 0 aliphatic heterocycles. The topological polar surface area (TPSA) is 51.8 Å². The standard InChI is InChI=1S/C10H9Cl2N3S/c1-5(13)9-14-15-10(16-9)6-2-3-7(11)8(12)4-6/h2-5H,13H2,1H3. The molecule has 6 heteroatoms. The molecular weight excluding hydrogens is 265 g/mol. The van der Waals surface area contributed by atoms with Crippen molar-refractivity contribution in [2.24, 2.45) is 5.73 Å². The van der Waals surface area contributed by atoms with Crippen molar-refractivity contribution in [1.29, 1.82) is 0 Å². The van der Waals surface area contributed by atoms with Crippen LogP contribution in [0.25, 0.3) is 10.6 Å². The fraction of sp³-hybridized carbons (Fsp3) is 0.200. The van der Waals surface area contributed by atoms with Crippen LogP contribution in [0, 0.1) is 0 Å². The lowest BCUT2D eigenvalue weighted by atomic mass is 10.2. The summed E-state index contributed by atoms with van der Waals surface area (Å²) in [6.07, 6.45) is 0. The van der Waals surface area contributed by atoms with E-state index in [0.717, 1.165) is 15.6 Å². The summed E-state index contributed by atoms with van der Waals surface area (Å²) in [5.74, 6) is 0. The molecule has 1 heterocycles. The van der Waals surface area contributed by atoms with Crippen molar-refractivity contribution in [3.05, 3.63) is 33.3 Å². The lowest BCUT2D eigenvalue weighted by molar-refractivity contribution is 0.786. The molecule has 0 aliphatic rings. The smallest absolute Gasteiger partial charge is 0.147 e. The minimum absolute atomic E-state index is 0.103. The van der Waals surface area contributed by atoms with Crippen LogP contribution in [0.1, 0.15) is 18.0 Å². The van der Waals surface area contributed by atoms with Gasteiger partial charge in [0.1, 0.15) is 10.0 Å². The van der Waals surface area contributed by atoms with Crippen molar-refractivity contribution < 1.29 is 0 Å². The van der Waals surface area contributed by atoms with Gasteiger partial charge in [-0.2, -0.15) is 0 Å². The second-order valence-corrected chi connectivity index (χ2v) is 5.19. The van der Waals surface area contributed by atoms with Gasteiger partial charge in [-0.05, 0) is 19.1 Å². The Morgan fingerprint density at radius 1 is 1.25 bits per heavy atom. The summed E-state index contributed by atoms with van der Waals surface area (Å²) in [4.78, 5) is 0. The second-order valence-electron chi connectivity index (χ2n) is 3.36. The number of benzene rings is 1. The molecule has 1 atom stereocenters. The molecule has 0 spiro atoms. The van der Waals surface area contributed by atoms with Gasteiger partial charge in [0.05, 0.1) is 16.1 Å². The predicted octanol–water partition coefficient (Wildman–Crippen LogP) is 3.53. The minimum atomic E-state index is -0.103. The van der Waals surface area contributed by atoms with E-state index >= 15 is 0 Å². The van der Waals surface area contributed by atoms with E-state index in [-0.39, 0.29) is 6.04 Å². The molecule has 0 amide bonds. The fourth-order valence-corrected chi connectivity index (χ4v) is 2.25. The van der Waals surface area contributed by atoms with E-state index in [1.807, 2.05) is 13.0 Å². The van der Waals surface area contributed by atoms with Crippen LogP contribution in [-0.4, -0.2) is 10.2 Å². The van der Waals surface area contributed by atoms with Gasteiger partial charge in [0.15, 0.2) is 0 Å². The van der Waals surface area contributed by atoms with Crippen LogP contribution in [-0.2, 0) is 0 Å². The molecule has 84 valence electrons. The lowest BCUT2D eigenvalue weighted by Gasteiger charge is -1.98. The van der Waals surface area contributed by atoms with Crippen molar-refractivity contribution in [3.8, 4) is 10.6 Å². The first-order valence-electron chi connectivity index (χ1n) is 4.62. The number of nitrogens with two attached hydrogens (primary N) is 1. The Hall–Kier alpha value is -0.680. The van der Waals surface area contributed by atoms with Gasteiger partial charge in [-0.1, -0.05) is 40.6 Å². The largest absolute Gasteiger partial charge is 0.322 e. The number of rotatable bonds is 2. The van der Waals surface area contributed by atoms with Crippen LogP contribution in [0.15, 0.2) is 18.2 Å². The van der Waals surface area contributed by atoms with E-state index in [4.69, 9.17) is 28.9 Å². The quantitative estimate of drug-likeness (QED) is 0.911. The Morgan fingerprint density at radius 3 is 2.56 bits per heavy atom. The Morgan fingerprint density at radius 2 is 2.00 bits per heavy atom. The summed E-state index contributed by atoms with van der Waals surface area (Å²) < 4.78 is 0. The second kappa shape index (κ2) is 4.67. The highest BCUT2D eigenvalue weighted by molar-refractivity contribution is 7.14. The maximum absolute atomic E-state index is 5.93. The SMILES string of the molecule is CC(N)c1nnc(-c2ccc(Cl)c(Cl)c2)s1. The lowest BCUT2D eigenvalue weighted by Crippen LogP contribution is -2.03. The molecule has 2 aromatic rings. The summed E-state index contributed by atoms with van der Waals surface area (Å²) in [6.45, 7) is 1.87. The predicted molar refractivity (Wildman–Crippen MR) is 68.0 cm³/mol. The summed E-state index contributed by atoms with van der Waals surface area (Å²) in [5.41, 5.74) is 6.62. The van der Waals surface area contributed by atoms with Crippen LogP contribution >= 0.6 is 34.5 Å². The molecular formula is C10H9Cl2N3S. The molecule has 1 unspecified atom stereocenters. The number of aromatic nitrogens is 2. The maximum atomic E-state index is 5.93. The molecule has 1 aromatic carbocycles. The Kier molecular flexibility index (Phi) is 3.44. The first-order valence-corrected chi connectivity index (χ1v) is 6.19. The summed E-state index contributed by atoms with van der Waals surface area (Å²) >= 11 is 13.2. The van der Waals surface area contributed by atoms with E-state index in [9.17, 15) is 0 Å². The van der Waals surface area contributed by atoms with Gasteiger partial charge in [-0.3, -0.25) is 0 Å². The zero-order chi connectivity index (χ0) is 11.7. The Labute approximate surface area is 107 Å². The molecule has 0 radical (unpaired) electrons. The normalized spacial score (nSPS) is 12.8. The Balaban J connectivity index is 2.39. The first kappa shape index (κ1) is 11.8. The number of hydrogen-bond acceptors (Lipinski definition) is 4. The third kappa shape index (κ3) is 2.35. The van der Waals surface area contributed by atoms with E-state index in [1.165, 1.54) is 11.3 Å². The highest BCUT2D eigenvalue weighted by atomic mass is 35.5. The molecule has 2 rings (SSSR count). The zero-order valence-corrected chi connectivity index (χ0v) is 10.8. The fourth-order valence-electron chi connectivity index (χ4n) is 1.16. The molecule has 0 fully saturated rings. The van der Waals surface area contributed by atoms with Gasteiger partial charge < -0.3 is 5.73 Å². The molecule has 0 saturated heterocycles. The van der Waals surface area contributed by atoms with Crippen LogP contribution in [0.2, 0.25) is 10.0 Å². The molecule has 3 nitrogen and oxygen atoms in total. The molecule has 0 aliphatic carbocycles. The van der Waals surface area contributed by atoms with Crippen LogP contribution in [0.5, 0.6) is 0 Å². The third-order valence-electron chi connectivity index (χ3n) is 2.00. The van der Waals surface area contributed by atoms with Gasteiger partial charge in [-0.15, -0.1) is 10.2 Å². The highest BCUT2D eigenvalue weighted by Gasteiger charge is 2.10. The molecule has 1 aromatic heterocycles. The Bertz CT molecular complexity index is 511. The van der Waals surface area contributed by atoms with E-state index in [1.54, 1.807) is 12.1 Å². The molecule has 16 heavy (non-hydrogen) atoms. The van der Waals surface area contributed by atoms with Crippen molar-refractivity contribution in [2.45, 2.75) is 13.0 Å². The number of nitrogens with zero attached hydrogens (tertiary/aromatic N) is 2. The van der Waals surface area contributed by atoms with Gasteiger partial charge in [0.2, 0.25) is 0 Å². The van der Waals surface area contributed by atoms with Crippen LogP contribution < -0.4 is 5.73 Å². The minimum Gasteiger partial charge on any atom is -0.322 e. The molecule has 0 bridgehead atoms. The summed E-state index contributed by atoms with van der Waals surface area (Å²) in [7, 11) is 0. The maximum Gasteiger partial charge on any atom is 0.147 e. The van der Waals surface area contributed by atoms with E-state index < -0.39 is 0 Å². The average Bonchev–Trinajstić information content (AvgIpc) is 2.71. The van der Waals surface area contributed by atoms with Gasteiger partial charge in [0.25, 0.3) is 0 Å². The average molecular weight is 274 g/mol. The molecule has 2 N–H and O–H groups in total. The van der Waals surface area contributed by atoms with Gasteiger partial charge >= 0.3 is 0 Å². The van der Waals surface area contributed by atoms with Crippen LogP contribution in [0.3, 0.4) is 0 Å². The van der Waals surface area contributed by atoms with Crippen molar-refractivity contribution in [3.63, 3.8) is 0 Å². The number of hydrogen-bond donors (Lipinski definition) is 1. The zero-order valence-electron chi connectivity index (χ0n) is 8.45. The third-order valence-corrected chi connectivity index (χ3v) is 3.91.